The summed E-state index contributed by atoms with van der Waals surface area (Å²) < 4.78 is 0. The minimum atomic E-state index is 0.253. The van der Waals surface area contributed by atoms with Crippen LogP contribution in [0.15, 0.2) is 6.20 Å². The number of fused-ring (bicyclic) bond motifs is 1. The summed E-state index contributed by atoms with van der Waals surface area (Å²) in [4.78, 5) is 25.6. The van der Waals surface area contributed by atoms with Crippen LogP contribution in [0.1, 0.15) is 55.7 Å². The van der Waals surface area contributed by atoms with E-state index in [-0.39, 0.29) is 5.91 Å². The lowest BCUT2D eigenvalue weighted by molar-refractivity contribution is -0.132. The molecule has 3 heterocycles. The number of rotatable bonds is 3. The van der Waals surface area contributed by atoms with Gasteiger partial charge in [0.15, 0.2) is 0 Å². The van der Waals surface area contributed by atoms with Crippen LogP contribution >= 0.6 is 0 Å². The number of aromatic nitrogens is 2. The highest BCUT2D eigenvalue weighted by Crippen LogP contribution is 2.29. The van der Waals surface area contributed by atoms with Gasteiger partial charge in [-0.2, -0.15) is 0 Å². The van der Waals surface area contributed by atoms with E-state index in [0.29, 0.717) is 19.0 Å². The second-order valence-electron chi connectivity index (χ2n) is 6.15. The van der Waals surface area contributed by atoms with Gasteiger partial charge in [-0.15, -0.1) is 0 Å². The van der Waals surface area contributed by atoms with Gasteiger partial charge in [0.05, 0.1) is 11.7 Å². The van der Waals surface area contributed by atoms with Crippen molar-refractivity contribution in [2.45, 2.75) is 51.6 Å². The fraction of sp³-hybridized carbons (Fsp3) is 0.688. The van der Waals surface area contributed by atoms with E-state index in [1.54, 1.807) is 0 Å². The summed E-state index contributed by atoms with van der Waals surface area (Å²) in [5.74, 6) is 1.21. The molecule has 1 saturated heterocycles. The maximum absolute atomic E-state index is 12.0. The highest BCUT2D eigenvalue weighted by molar-refractivity contribution is 5.76. The Morgan fingerprint density at radius 2 is 2.29 bits per heavy atom. The predicted octanol–water partition coefficient (Wildman–Crippen LogP) is 1.93. The van der Waals surface area contributed by atoms with Crippen molar-refractivity contribution >= 4 is 5.91 Å². The largest absolute Gasteiger partial charge is 0.338 e. The normalized spacial score (nSPS) is 22.4. The molecule has 5 heteroatoms. The Morgan fingerprint density at radius 1 is 1.43 bits per heavy atom. The summed E-state index contributed by atoms with van der Waals surface area (Å²) in [7, 11) is 2.14. The van der Waals surface area contributed by atoms with Gasteiger partial charge in [0.1, 0.15) is 5.82 Å². The van der Waals surface area contributed by atoms with Gasteiger partial charge < -0.3 is 4.90 Å². The third-order valence-electron chi connectivity index (χ3n) is 4.59. The molecule has 0 bridgehead atoms. The lowest BCUT2D eigenvalue weighted by Gasteiger charge is -2.29. The van der Waals surface area contributed by atoms with Crippen molar-refractivity contribution in [2.75, 3.05) is 20.1 Å². The molecule has 0 aromatic carbocycles. The molecule has 0 radical (unpaired) electrons. The first-order chi connectivity index (χ1) is 10.2. The monoisotopic (exact) mass is 288 g/mol. The van der Waals surface area contributed by atoms with Crippen molar-refractivity contribution in [1.82, 2.24) is 19.8 Å². The predicted molar refractivity (Wildman–Crippen MR) is 80.7 cm³/mol. The molecule has 0 spiro atoms. The average molecular weight is 288 g/mol. The third-order valence-corrected chi connectivity index (χ3v) is 4.59. The number of nitrogens with zero attached hydrogens (tertiary/aromatic N) is 4. The molecule has 3 rings (SSSR count). The number of hydrogen-bond donors (Lipinski definition) is 0. The summed E-state index contributed by atoms with van der Waals surface area (Å²) >= 11 is 0. The molecule has 1 aromatic heterocycles. The second kappa shape index (κ2) is 6.10. The first-order valence-corrected chi connectivity index (χ1v) is 8.01. The molecule has 114 valence electrons. The van der Waals surface area contributed by atoms with Crippen LogP contribution in [-0.4, -0.2) is 45.8 Å². The van der Waals surface area contributed by atoms with E-state index in [4.69, 9.17) is 4.98 Å². The Kier molecular flexibility index (Phi) is 4.19. The van der Waals surface area contributed by atoms with Crippen molar-refractivity contribution in [3.05, 3.63) is 23.3 Å². The van der Waals surface area contributed by atoms with Crippen LogP contribution in [0.5, 0.6) is 0 Å². The van der Waals surface area contributed by atoms with Gasteiger partial charge in [0.25, 0.3) is 0 Å². The molecule has 0 aliphatic carbocycles. The standard InChI is InChI=1S/C16H24N4O/c1-3-5-15(21)20-9-7-13-12(11-20)10-17-16(18-13)14-6-4-8-19(14)2/h10,14H,3-9,11H2,1-2H3. The molecule has 0 N–H and O–H groups in total. The van der Waals surface area contributed by atoms with Gasteiger partial charge in [-0.05, 0) is 32.9 Å². The van der Waals surface area contributed by atoms with E-state index in [9.17, 15) is 4.79 Å². The Balaban J connectivity index is 1.75. The highest BCUT2D eigenvalue weighted by atomic mass is 16.2. The quantitative estimate of drug-likeness (QED) is 0.853. The van der Waals surface area contributed by atoms with Crippen molar-refractivity contribution < 1.29 is 4.79 Å². The Bertz CT molecular complexity index is 531. The maximum Gasteiger partial charge on any atom is 0.222 e. The van der Waals surface area contributed by atoms with E-state index in [2.05, 4.69) is 16.9 Å². The summed E-state index contributed by atoms with van der Waals surface area (Å²) in [6.45, 7) is 4.64. The second-order valence-corrected chi connectivity index (χ2v) is 6.15. The minimum Gasteiger partial charge on any atom is -0.338 e. The molecule has 1 unspecified atom stereocenters. The van der Waals surface area contributed by atoms with E-state index in [1.807, 2.05) is 18.0 Å². The van der Waals surface area contributed by atoms with Crippen molar-refractivity contribution in [2.24, 2.45) is 0 Å². The third kappa shape index (κ3) is 2.93. The van der Waals surface area contributed by atoms with Crippen LogP contribution in [-0.2, 0) is 17.8 Å². The van der Waals surface area contributed by atoms with E-state index in [0.717, 1.165) is 49.4 Å². The van der Waals surface area contributed by atoms with Gasteiger partial charge >= 0.3 is 0 Å². The van der Waals surface area contributed by atoms with Gasteiger partial charge in [-0.3, -0.25) is 9.69 Å². The zero-order valence-corrected chi connectivity index (χ0v) is 13.0. The summed E-state index contributed by atoms with van der Waals surface area (Å²) in [6.07, 6.45) is 6.72. The first-order valence-electron chi connectivity index (χ1n) is 8.01. The fourth-order valence-electron chi connectivity index (χ4n) is 3.31. The molecule has 2 aliphatic rings. The average Bonchev–Trinajstić information content (AvgIpc) is 2.92. The molecule has 1 atom stereocenters. The van der Waals surface area contributed by atoms with Gasteiger partial charge in [-0.1, -0.05) is 6.92 Å². The Morgan fingerprint density at radius 3 is 3.00 bits per heavy atom. The maximum atomic E-state index is 12.0. The number of likely N-dealkylation sites (tertiary alicyclic amines) is 1. The van der Waals surface area contributed by atoms with Crippen LogP contribution in [0, 0.1) is 0 Å². The number of amides is 1. The molecule has 21 heavy (non-hydrogen) atoms. The van der Waals surface area contributed by atoms with Gasteiger partial charge in [0, 0.05) is 37.7 Å². The molecular weight excluding hydrogens is 264 g/mol. The van der Waals surface area contributed by atoms with Crippen LogP contribution in [0.2, 0.25) is 0 Å². The molecule has 1 amide bonds. The summed E-state index contributed by atoms with van der Waals surface area (Å²) in [5, 5.41) is 0. The van der Waals surface area contributed by atoms with Crippen LogP contribution < -0.4 is 0 Å². The zero-order valence-electron chi connectivity index (χ0n) is 13.0. The summed E-state index contributed by atoms with van der Waals surface area (Å²) in [5.41, 5.74) is 2.26. The molecule has 1 aromatic rings. The fourth-order valence-corrected chi connectivity index (χ4v) is 3.31. The van der Waals surface area contributed by atoms with Crippen molar-refractivity contribution in [1.29, 1.82) is 0 Å². The number of carbonyl (C=O) groups is 1. The number of hydrogen-bond acceptors (Lipinski definition) is 4. The lowest BCUT2D eigenvalue weighted by Crippen LogP contribution is -2.36. The number of carbonyl (C=O) groups excluding carboxylic acids is 1. The van der Waals surface area contributed by atoms with Crippen LogP contribution in [0.25, 0.3) is 0 Å². The Hall–Kier alpha value is -1.49. The molecular formula is C16H24N4O. The van der Waals surface area contributed by atoms with E-state index in [1.165, 1.54) is 6.42 Å². The van der Waals surface area contributed by atoms with Gasteiger partial charge in [0.2, 0.25) is 5.91 Å². The molecule has 1 fully saturated rings. The smallest absolute Gasteiger partial charge is 0.222 e. The van der Waals surface area contributed by atoms with E-state index >= 15 is 0 Å². The zero-order chi connectivity index (χ0) is 14.8. The minimum absolute atomic E-state index is 0.253. The lowest BCUT2D eigenvalue weighted by atomic mass is 10.1. The Labute approximate surface area is 126 Å². The highest BCUT2D eigenvalue weighted by Gasteiger charge is 2.27. The molecule has 5 nitrogen and oxygen atoms in total. The van der Waals surface area contributed by atoms with Crippen molar-refractivity contribution in [3.63, 3.8) is 0 Å². The molecule has 2 aliphatic heterocycles. The summed E-state index contributed by atoms with van der Waals surface area (Å²) in [6, 6.07) is 0.370. The SMILES string of the molecule is CCCC(=O)N1CCc2nc(C3CCCN3C)ncc2C1. The van der Waals surface area contributed by atoms with E-state index < -0.39 is 0 Å². The van der Waals surface area contributed by atoms with Crippen LogP contribution in [0.4, 0.5) is 0 Å². The molecule has 0 saturated carbocycles. The topological polar surface area (TPSA) is 49.3 Å². The van der Waals surface area contributed by atoms with Crippen molar-refractivity contribution in [3.8, 4) is 0 Å². The van der Waals surface area contributed by atoms with Gasteiger partial charge in [-0.25, -0.2) is 9.97 Å². The first kappa shape index (κ1) is 14.4. The van der Waals surface area contributed by atoms with Crippen LogP contribution in [0.3, 0.4) is 0 Å².